The van der Waals surface area contributed by atoms with Crippen LogP contribution in [0.4, 0.5) is 13.2 Å². The van der Waals surface area contributed by atoms with Gasteiger partial charge in [0.1, 0.15) is 30.1 Å². The van der Waals surface area contributed by atoms with E-state index in [0.29, 0.717) is 18.7 Å². The summed E-state index contributed by atoms with van der Waals surface area (Å²) >= 11 is 1.33. The van der Waals surface area contributed by atoms with Gasteiger partial charge in [0.15, 0.2) is 11.9 Å². The van der Waals surface area contributed by atoms with Crippen molar-refractivity contribution in [2.24, 2.45) is 0 Å². The highest BCUT2D eigenvalue weighted by Crippen LogP contribution is 2.42. The molecule has 0 spiro atoms. The van der Waals surface area contributed by atoms with E-state index in [-0.39, 0.29) is 74.3 Å². The second-order valence-electron chi connectivity index (χ2n) is 13.6. The number of halogens is 3. The van der Waals surface area contributed by atoms with Gasteiger partial charge < -0.3 is 28.7 Å². The van der Waals surface area contributed by atoms with E-state index in [4.69, 9.17) is 24.2 Å². The third-order valence-corrected chi connectivity index (χ3v) is 10.9. The summed E-state index contributed by atoms with van der Waals surface area (Å²) in [5.41, 5.74) is -1.27. The first-order valence-electron chi connectivity index (χ1n) is 18.5. The van der Waals surface area contributed by atoms with Crippen LogP contribution in [-0.4, -0.2) is 112 Å². The van der Waals surface area contributed by atoms with Gasteiger partial charge in [0.05, 0.1) is 49.7 Å². The highest BCUT2D eigenvalue weighted by atomic mass is 32.2. The lowest BCUT2D eigenvalue weighted by molar-refractivity contribution is -0.164. The molecule has 57 heavy (non-hydrogen) atoms. The number of piperazine rings is 1. The van der Waals surface area contributed by atoms with Crippen molar-refractivity contribution < 1.29 is 46.5 Å². The number of hydrogen-bond acceptors (Lipinski definition) is 12. The fourth-order valence-electron chi connectivity index (χ4n) is 6.28. The molecular weight excluding hydrogens is 766 g/mol. The quantitative estimate of drug-likeness (QED) is 0.102. The summed E-state index contributed by atoms with van der Waals surface area (Å²) in [4.78, 5) is 46.2. The molecule has 0 radical (unpaired) electrons. The van der Waals surface area contributed by atoms with Crippen molar-refractivity contribution in [3.05, 3.63) is 101 Å². The number of hydrogen-bond donors (Lipinski definition) is 0. The van der Waals surface area contributed by atoms with Gasteiger partial charge in [-0.3, -0.25) is 14.4 Å². The first-order valence-corrected chi connectivity index (χ1v) is 19.4. The van der Waals surface area contributed by atoms with Gasteiger partial charge in [-0.2, -0.15) is 10.4 Å². The molecule has 1 aromatic heterocycles. The van der Waals surface area contributed by atoms with Crippen molar-refractivity contribution in [2.45, 2.75) is 61.5 Å². The minimum absolute atomic E-state index is 0.0310. The van der Waals surface area contributed by atoms with Gasteiger partial charge in [0.2, 0.25) is 5.91 Å². The smallest absolute Gasteiger partial charge is 0.306 e. The summed E-state index contributed by atoms with van der Waals surface area (Å²) in [6.45, 7) is 4.66. The maximum Gasteiger partial charge on any atom is 0.306 e. The van der Waals surface area contributed by atoms with E-state index < -0.39 is 46.5 Å². The van der Waals surface area contributed by atoms with Gasteiger partial charge in [-0.1, -0.05) is 24.3 Å². The lowest BCUT2D eigenvalue weighted by atomic mass is 9.89. The molecule has 3 aromatic rings. The number of carbonyl (C=O) groups is 3. The fourth-order valence-corrected chi connectivity index (χ4v) is 7.64. The Hall–Kier alpha value is -5.02. The minimum atomic E-state index is -1.73. The molecule has 13 nitrogen and oxygen atoms in total. The van der Waals surface area contributed by atoms with Crippen LogP contribution in [0.5, 0.6) is 0 Å². The number of nitriles is 1. The van der Waals surface area contributed by atoms with E-state index in [2.05, 4.69) is 15.0 Å². The number of esters is 2. The van der Waals surface area contributed by atoms with E-state index in [1.807, 2.05) is 13.1 Å². The number of amides is 1. The normalized spacial score (nSPS) is 19.3. The molecule has 17 heteroatoms. The third kappa shape index (κ3) is 12.5. The largest absolute Gasteiger partial charge is 0.466 e. The predicted molar refractivity (Wildman–Crippen MR) is 203 cm³/mol. The molecule has 3 heterocycles. The molecule has 2 aliphatic heterocycles. The molecule has 1 amide bonds. The van der Waals surface area contributed by atoms with Crippen LogP contribution in [0.15, 0.2) is 67.3 Å². The number of aromatic nitrogens is 3. The van der Waals surface area contributed by atoms with Crippen LogP contribution in [0.25, 0.3) is 6.08 Å². The average Bonchev–Trinajstić information content (AvgIpc) is 3.71. The molecule has 2 aliphatic rings. The second kappa shape index (κ2) is 20.9. The lowest BCUT2D eigenvalue weighted by Gasteiger charge is -2.40. The highest BCUT2D eigenvalue weighted by Gasteiger charge is 2.46. The Labute approximate surface area is 333 Å². The molecular formula is C40H45F3N6O7S. The van der Waals surface area contributed by atoms with Gasteiger partial charge in [-0.15, -0.1) is 11.8 Å². The summed E-state index contributed by atoms with van der Waals surface area (Å²) in [6, 6.07) is 9.12. The van der Waals surface area contributed by atoms with E-state index in [9.17, 15) is 23.2 Å². The molecule has 2 aromatic carbocycles. The first kappa shape index (κ1) is 43.1. The van der Waals surface area contributed by atoms with Crippen molar-refractivity contribution in [3.63, 3.8) is 0 Å². The van der Waals surface area contributed by atoms with Gasteiger partial charge in [0, 0.05) is 61.5 Å². The molecule has 2 saturated heterocycles. The number of nitrogens with zero attached hydrogens (tertiary/aromatic N) is 6. The zero-order chi connectivity index (χ0) is 40.8. The van der Waals surface area contributed by atoms with Gasteiger partial charge >= 0.3 is 11.9 Å². The van der Waals surface area contributed by atoms with Crippen LogP contribution in [0.2, 0.25) is 0 Å². The van der Waals surface area contributed by atoms with Crippen LogP contribution in [0.3, 0.4) is 0 Å². The van der Waals surface area contributed by atoms with Crippen molar-refractivity contribution in [1.29, 1.82) is 5.26 Å². The maximum atomic E-state index is 15.7. The minimum Gasteiger partial charge on any atom is -0.466 e. The number of allylic oxidation sites excluding steroid dienone is 2. The Balaban J connectivity index is 1.19. The van der Waals surface area contributed by atoms with Crippen molar-refractivity contribution in [2.75, 3.05) is 53.0 Å². The summed E-state index contributed by atoms with van der Waals surface area (Å²) < 4.78 is 68.7. The van der Waals surface area contributed by atoms with Gasteiger partial charge in [0.25, 0.3) is 0 Å². The molecule has 2 fully saturated rings. The molecule has 5 rings (SSSR count). The van der Waals surface area contributed by atoms with Crippen molar-refractivity contribution in [3.8, 4) is 6.07 Å². The van der Waals surface area contributed by atoms with Crippen molar-refractivity contribution >= 4 is 35.7 Å². The van der Waals surface area contributed by atoms with Crippen LogP contribution >= 0.6 is 11.8 Å². The van der Waals surface area contributed by atoms with Crippen LogP contribution < -0.4 is 0 Å². The molecule has 0 N–H and O–H groups in total. The van der Waals surface area contributed by atoms with Crippen LogP contribution in [0, 0.1) is 28.8 Å². The molecule has 0 unspecified atom stereocenters. The van der Waals surface area contributed by atoms with Crippen LogP contribution in [-0.2, 0) is 45.5 Å². The zero-order valence-corrected chi connectivity index (χ0v) is 32.5. The number of carbonyl (C=O) groups excluding carboxylic acids is 3. The van der Waals surface area contributed by atoms with Gasteiger partial charge in [-0.05, 0) is 50.7 Å². The topological polar surface area (TPSA) is 149 Å². The summed E-state index contributed by atoms with van der Waals surface area (Å²) in [5, 5.41) is 12.1. The fraction of sp³-hybridized carbons (Fsp3) is 0.450. The zero-order valence-electron chi connectivity index (χ0n) is 31.7. The van der Waals surface area contributed by atoms with E-state index in [1.165, 1.54) is 47.3 Å². The molecule has 304 valence electrons. The number of rotatable bonds is 17. The summed E-state index contributed by atoms with van der Waals surface area (Å²) in [7, 11) is 1.98. The predicted octanol–water partition coefficient (Wildman–Crippen LogP) is 5.02. The number of benzene rings is 2. The van der Waals surface area contributed by atoms with Crippen molar-refractivity contribution in [1.82, 2.24) is 24.6 Å². The lowest BCUT2D eigenvalue weighted by Crippen LogP contribution is -2.47. The Bertz CT molecular complexity index is 1930. The average molecular weight is 811 g/mol. The summed E-state index contributed by atoms with van der Waals surface area (Å²) in [5.74, 6) is -3.65. The van der Waals surface area contributed by atoms with E-state index >= 15 is 4.39 Å². The molecule has 0 aliphatic carbocycles. The monoisotopic (exact) mass is 810 g/mol. The Morgan fingerprint density at radius 1 is 1.02 bits per heavy atom. The molecule has 0 bridgehead atoms. The second-order valence-corrected chi connectivity index (χ2v) is 15.3. The summed E-state index contributed by atoms with van der Waals surface area (Å²) in [6.07, 6.45) is 8.29. The molecule has 2 atom stereocenters. The maximum absolute atomic E-state index is 15.7. The number of thioether (sulfide) groups is 1. The van der Waals surface area contributed by atoms with Gasteiger partial charge in [-0.25, -0.2) is 22.8 Å². The SMILES string of the molecule is C[C@@H](S[C@H]1CO[C@H](/C=C/C=C/c2ccc(C#N)cc2F)OC1)[C@@](Cn1cncn1)(OC(=O)CCCOC(=O)CCC(=O)N1CCN(C)CC1)c1ccc(F)cc1F. The standard InChI is InChI=1S/C40H45F3N6O7S/c1-28(57-32-23-54-39(55-24-32)8-4-3-6-30-10-9-29(22-44)20-34(30)42)40(25-49-27-45-26-46-49,33-12-11-31(41)21-35(33)43)56-38(52)7-5-19-53-37(51)14-13-36(50)48-17-15-47(2)16-18-48/h3-4,6,8-12,20-21,26-28,32,39H,5,7,13-19,23-25H2,1-2H3/b6-3+,8-4+/t28-,32-,39-,40-/m1/s1. The van der Waals surface area contributed by atoms with E-state index in [0.717, 1.165) is 31.3 Å². The number of likely N-dealkylation sites (N-methyl/N-ethyl adjacent to an activating group) is 1. The highest BCUT2D eigenvalue weighted by molar-refractivity contribution is 8.00. The third-order valence-electron chi connectivity index (χ3n) is 9.46. The Kier molecular flexibility index (Phi) is 15.8. The van der Waals surface area contributed by atoms with Crippen LogP contribution in [0.1, 0.15) is 49.3 Å². The van der Waals surface area contributed by atoms with E-state index in [1.54, 1.807) is 36.1 Å². The first-order chi connectivity index (χ1) is 27.4. The number of ether oxygens (including phenoxy) is 4. The molecule has 0 saturated carbocycles. The Morgan fingerprint density at radius 2 is 1.79 bits per heavy atom. The Morgan fingerprint density at radius 3 is 2.47 bits per heavy atom.